The molecule has 0 atom stereocenters. The van der Waals surface area contributed by atoms with Crippen molar-refractivity contribution < 1.29 is 19.8 Å². The van der Waals surface area contributed by atoms with E-state index in [9.17, 15) is 19.8 Å². The van der Waals surface area contributed by atoms with Crippen LogP contribution in [0.15, 0.2) is 0 Å². The molecule has 2 N–H and O–H groups in total. The van der Waals surface area contributed by atoms with Crippen LogP contribution in [0, 0.1) is 11.3 Å². The van der Waals surface area contributed by atoms with Gasteiger partial charge in [0.05, 0.1) is 0 Å². The number of carboxylic acid groups (broad SMARTS) is 2. The molecule has 4 heteroatoms. The van der Waals surface area contributed by atoms with Crippen molar-refractivity contribution in [2.45, 2.75) is 52.9 Å². The third-order valence-electron chi connectivity index (χ3n) is 3.37. The number of carboxylic acids is 2. The minimum absolute atomic E-state index is 0.223. The van der Waals surface area contributed by atoms with Crippen LogP contribution in [0.25, 0.3) is 0 Å². The summed E-state index contributed by atoms with van der Waals surface area (Å²) in [5, 5.41) is 18.5. The minimum Gasteiger partial charge on any atom is -0.480 e. The molecule has 0 fully saturated rings. The van der Waals surface area contributed by atoms with Crippen LogP contribution >= 0.6 is 0 Å². The number of hydrogen-bond donors (Lipinski definition) is 2. The van der Waals surface area contributed by atoms with Gasteiger partial charge in [-0.2, -0.15) is 0 Å². The maximum Gasteiger partial charge on any atom is 0.321 e. The van der Waals surface area contributed by atoms with Gasteiger partial charge in [-0.05, 0) is 12.3 Å². The molecule has 0 unspecified atom stereocenters. The van der Waals surface area contributed by atoms with Gasteiger partial charge in [0, 0.05) is 0 Å². The first kappa shape index (κ1) is 14.9. The summed E-state index contributed by atoms with van der Waals surface area (Å²) in [6.45, 7) is 5.63. The zero-order valence-electron chi connectivity index (χ0n) is 10.3. The quantitative estimate of drug-likeness (QED) is 0.629. The molecule has 0 heterocycles. The van der Waals surface area contributed by atoms with Crippen LogP contribution in [-0.4, -0.2) is 22.2 Å². The van der Waals surface area contributed by atoms with Crippen molar-refractivity contribution in [3.05, 3.63) is 0 Å². The third kappa shape index (κ3) is 2.74. The second kappa shape index (κ2) is 6.51. The topological polar surface area (TPSA) is 74.6 Å². The number of hydrogen-bond acceptors (Lipinski definition) is 2. The van der Waals surface area contributed by atoms with E-state index in [1.165, 1.54) is 0 Å². The van der Waals surface area contributed by atoms with Crippen LogP contribution in [-0.2, 0) is 9.59 Å². The molecule has 0 amide bonds. The zero-order chi connectivity index (χ0) is 12.8. The van der Waals surface area contributed by atoms with Gasteiger partial charge < -0.3 is 10.2 Å². The summed E-state index contributed by atoms with van der Waals surface area (Å²) in [4.78, 5) is 22.7. The van der Waals surface area contributed by atoms with Gasteiger partial charge in [-0.3, -0.25) is 9.59 Å². The first-order chi connectivity index (χ1) is 7.47. The SMILES string of the molecule is CCCCC(C(=O)O)(C(=O)O)C(CC)CC. The molecule has 16 heavy (non-hydrogen) atoms. The lowest BCUT2D eigenvalue weighted by atomic mass is 9.69. The predicted molar refractivity (Wildman–Crippen MR) is 61.3 cm³/mol. The van der Waals surface area contributed by atoms with Crippen molar-refractivity contribution in [3.63, 3.8) is 0 Å². The Kier molecular flexibility index (Phi) is 6.08. The van der Waals surface area contributed by atoms with E-state index in [4.69, 9.17) is 0 Å². The second-order valence-electron chi connectivity index (χ2n) is 4.20. The average Bonchev–Trinajstić information content (AvgIpc) is 2.23. The Morgan fingerprint density at radius 2 is 1.50 bits per heavy atom. The lowest BCUT2D eigenvalue weighted by molar-refractivity contribution is -0.170. The first-order valence-electron chi connectivity index (χ1n) is 5.94. The van der Waals surface area contributed by atoms with Gasteiger partial charge >= 0.3 is 11.9 Å². The van der Waals surface area contributed by atoms with E-state index < -0.39 is 17.4 Å². The fourth-order valence-electron chi connectivity index (χ4n) is 2.30. The van der Waals surface area contributed by atoms with Gasteiger partial charge in [0.1, 0.15) is 0 Å². The van der Waals surface area contributed by atoms with Gasteiger partial charge in [0.25, 0.3) is 0 Å². The number of carbonyl (C=O) groups is 2. The summed E-state index contributed by atoms with van der Waals surface area (Å²) in [6, 6.07) is 0. The van der Waals surface area contributed by atoms with Crippen molar-refractivity contribution in [3.8, 4) is 0 Å². The highest BCUT2D eigenvalue weighted by Gasteiger charge is 2.50. The largest absolute Gasteiger partial charge is 0.480 e. The lowest BCUT2D eigenvalue weighted by Gasteiger charge is -2.32. The average molecular weight is 230 g/mol. The van der Waals surface area contributed by atoms with Gasteiger partial charge in [0.15, 0.2) is 5.41 Å². The summed E-state index contributed by atoms with van der Waals surface area (Å²) >= 11 is 0. The number of aliphatic carboxylic acids is 2. The van der Waals surface area contributed by atoms with Gasteiger partial charge in [-0.25, -0.2) is 0 Å². The number of unbranched alkanes of at least 4 members (excludes halogenated alkanes) is 1. The molecule has 0 aliphatic heterocycles. The summed E-state index contributed by atoms with van der Waals surface area (Å²) in [6.07, 6.45) is 2.83. The summed E-state index contributed by atoms with van der Waals surface area (Å²) < 4.78 is 0. The van der Waals surface area contributed by atoms with Crippen LogP contribution in [0.2, 0.25) is 0 Å². The lowest BCUT2D eigenvalue weighted by Crippen LogP contribution is -2.45. The van der Waals surface area contributed by atoms with Crippen LogP contribution in [0.3, 0.4) is 0 Å². The highest BCUT2D eigenvalue weighted by Crippen LogP contribution is 2.38. The molecule has 0 aliphatic carbocycles. The molecular formula is C12H22O4. The van der Waals surface area contributed by atoms with Crippen LogP contribution in [0.4, 0.5) is 0 Å². The van der Waals surface area contributed by atoms with E-state index >= 15 is 0 Å². The Morgan fingerprint density at radius 1 is 1.06 bits per heavy atom. The molecule has 0 spiro atoms. The molecular weight excluding hydrogens is 208 g/mol. The highest BCUT2D eigenvalue weighted by molar-refractivity contribution is 5.98. The van der Waals surface area contributed by atoms with Crippen LogP contribution in [0.1, 0.15) is 52.9 Å². The van der Waals surface area contributed by atoms with E-state index in [1.54, 1.807) is 0 Å². The van der Waals surface area contributed by atoms with Crippen molar-refractivity contribution in [2.75, 3.05) is 0 Å². The first-order valence-corrected chi connectivity index (χ1v) is 5.94. The van der Waals surface area contributed by atoms with E-state index in [-0.39, 0.29) is 12.3 Å². The molecule has 0 rings (SSSR count). The Bertz CT molecular complexity index is 229. The molecule has 0 aliphatic rings. The zero-order valence-corrected chi connectivity index (χ0v) is 10.3. The smallest absolute Gasteiger partial charge is 0.321 e. The van der Waals surface area contributed by atoms with Gasteiger partial charge in [0.2, 0.25) is 0 Å². The minimum atomic E-state index is -1.60. The van der Waals surface area contributed by atoms with Crippen molar-refractivity contribution in [1.82, 2.24) is 0 Å². The molecule has 0 aromatic rings. The standard InChI is InChI=1S/C12H22O4/c1-4-7-8-12(10(13)14,11(15)16)9(5-2)6-3/h9H,4-8H2,1-3H3,(H,13,14)(H,15,16). The normalized spacial score (nSPS) is 11.8. The van der Waals surface area contributed by atoms with E-state index in [0.29, 0.717) is 19.3 Å². The Labute approximate surface area is 96.7 Å². The molecule has 0 bridgehead atoms. The summed E-state index contributed by atoms with van der Waals surface area (Å²) in [7, 11) is 0. The molecule has 0 aromatic carbocycles. The van der Waals surface area contributed by atoms with Gasteiger partial charge in [-0.15, -0.1) is 0 Å². The van der Waals surface area contributed by atoms with Crippen LogP contribution in [0.5, 0.6) is 0 Å². The maximum atomic E-state index is 11.3. The van der Waals surface area contributed by atoms with Crippen LogP contribution < -0.4 is 0 Å². The number of rotatable bonds is 8. The molecule has 0 saturated heterocycles. The van der Waals surface area contributed by atoms with E-state index in [2.05, 4.69) is 0 Å². The van der Waals surface area contributed by atoms with E-state index in [0.717, 1.165) is 6.42 Å². The third-order valence-corrected chi connectivity index (χ3v) is 3.37. The summed E-state index contributed by atoms with van der Waals surface area (Å²) in [5.74, 6) is -2.68. The monoisotopic (exact) mass is 230 g/mol. The van der Waals surface area contributed by atoms with Gasteiger partial charge in [-0.1, -0.05) is 46.5 Å². The van der Waals surface area contributed by atoms with E-state index in [1.807, 2.05) is 20.8 Å². The Morgan fingerprint density at radius 3 is 1.75 bits per heavy atom. The van der Waals surface area contributed by atoms with Crippen molar-refractivity contribution >= 4 is 11.9 Å². The van der Waals surface area contributed by atoms with Crippen molar-refractivity contribution in [2.24, 2.45) is 11.3 Å². The molecule has 4 nitrogen and oxygen atoms in total. The molecule has 94 valence electrons. The fourth-order valence-corrected chi connectivity index (χ4v) is 2.30. The molecule has 0 radical (unpaired) electrons. The molecule has 0 saturated carbocycles. The Balaban J connectivity index is 5.23. The summed E-state index contributed by atoms with van der Waals surface area (Å²) in [5.41, 5.74) is -1.60. The second-order valence-corrected chi connectivity index (χ2v) is 4.20. The predicted octanol–water partition coefficient (Wildman–Crippen LogP) is 2.77. The van der Waals surface area contributed by atoms with Crippen molar-refractivity contribution in [1.29, 1.82) is 0 Å². The maximum absolute atomic E-state index is 11.3. The molecule has 0 aromatic heterocycles. The fraction of sp³-hybridized carbons (Fsp3) is 0.833. The highest BCUT2D eigenvalue weighted by atomic mass is 16.4. The Hall–Kier alpha value is -1.06.